The highest BCUT2D eigenvalue weighted by Gasteiger charge is 2.26. The minimum atomic E-state index is -0.114. The van der Waals surface area contributed by atoms with E-state index in [1.54, 1.807) is 0 Å². The summed E-state index contributed by atoms with van der Waals surface area (Å²) in [6, 6.07) is 17.8. The van der Waals surface area contributed by atoms with E-state index in [0.29, 0.717) is 12.5 Å². The molecule has 0 saturated carbocycles. The van der Waals surface area contributed by atoms with Gasteiger partial charge < -0.3 is 9.64 Å². The summed E-state index contributed by atoms with van der Waals surface area (Å²) in [5, 5.41) is 0. The normalized spacial score (nSPS) is 16.0. The van der Waals surface area contributed by atoms with Crippen LogP contribution in [0.5, 0.6) is 5.75 Å². The second-order valence-electron chi connectivity index (χ2n) is 7.56. The number of ketones is 1. The van der Waals surface area contributed by atoms with Crippen LogP contribution in [0.2, 0.25) is 0 Å². The maximum absolute atomic E-state index is 13.2. The van der Waals surface area contributed by atoms with Gasteiger partial charge in [0, 0.05) is 12.1 Å². The van der Waals surface area contributed by atoms with E-state index < -0.39 is 0 Å². The van der Waals surface area contributed by atoms with Gasteiger partial charge in [-0.15, -0.1) is 0 Å². The minimum Gasteiger partial charge on any atom is -0.493 e. The van der Waals surface area contributed by atoms with Gasteiger partial charge in [-0.3, -0.25) is 4.79 Å². The Labute approximate surface area is 157 Å². The van der Waals surface area contributed by atoms with E-state index in [2.05, 4.69) is 30.9 Å². The zero-order valence-electron chi connectivity index (χ0n) is 15.9. The second kappa shape index (κ2) is 9.00. The molecule has 1 fully saturated rings. The van der Waals surface area contributed by atoms with E-state index >= 15 is 0 Å². The van der Waals surface area contributed by atoms with Crippen LogP contribution in [0, 0.1) is 5.92 Å². The number of ether oxygens (including phenoxy) is 1. The number of hydrogen-bond donors (Lipinski definition) is 0. The first-order chi connectivity index (χ1) is 12.6. The van der Waals surface area contributed by atoms with Crippen LogP contribution in [0.15, 0.2) is 54.6 Å². The fourth-order valence-electron chi connectivity index (χ4n) is 3.43. The maximum atomic E-state index is 13.2. The fraction of sp³-hybridized carbons (Fsp3) is 0.435. The van der Waals surface area contributed by atoms with Gasteiger partial charge in [0.2, 0.25) is 0 Å². The van der Waals surface area contributed by atoms with E-state index in [4.69, 9.17) is 4.74 Å². The topological polar surface area (TPSA) is 29.5 Å². The standard InChI is InChI=1S/C23H29NO2/c1-18(2)17-26-21-12-10-20(11-13-21)23(25)22(16-24-14-6-7-15-24)19-8-4-3-5-9-19/h3-5,8-13,18,22H,6-7,14-17H2,1-2H3/t22-/m1/s1. The molecule has 0 unspecified atom stereocenters. The lowest BCUT2D eigenvalue weighted by molar-refractivity contribution is 0.0939. The quantitative estimate of drug-likeness (QED) is 0.641. The van der Waals surface area contributed by atoms with Gasteiger partial charge in [-0.25, -0.2) is 0 Å². The van der Waals surface area contributed by atoms with Crippen LogP contribution >= 0.6 is 0 Å². The Morgan fingerprint density at radius 2 is 1.65 bits per heavy atom. The van der Waals surface area contributed by atoms with Crippen LogP contribution < -0.4 is 4.74 Å². The summed E-state index contributed by atoms with van der Waals surface area (Å²) >= 11 is 0. The number of hydrogen-bond acceptors (Lipinski definition) is 3. The summed E-state index contributed by atoms with van der Waals surface area (Å²) in [6.45, 7) is 7.93. The Balaban J connectivity index is 1.76. The van der Waals surface area contributed by atoms with E-state index in [1.807, 2.05) is 42.5 Å². The van der Waals surface area contributed by atoms with Gasteiger partial charge in [-0.05, 0) is 61.7 Å². The molecule has 138 valence electrons. The number of nitrogens with zero attached hydrogens (tertiary/aromatic N) is 1. The molecule has 3 nitrogen and oxygen atoms in total. The first-order valence-electron chi connectivity index (χ1n) is 9.68. The monoisotopic (exact) mass is 351 g/mol. The van der Waals surface area contributed by atoms with Gasteiger partial charge in [-0.1, -0.05) is 44.2 Å². The van der Waals surface area contributed by atoms with Crippen molar-refractivity contribution in [1.82, 2.24) is 4.90 Å². The van der Waals surface area contributed by atoms with Crippen molar-refractivity contribution in [3.8, 4) is 5.75 Å². The molecule has 1 aliphatic heterocycles. The first-order valence-corrected chi connectivity index (χ1v) is 9.68. The molecule has 1 heterocycles. The molecule has 2 aromatic carbocycles. The van der Waals surface area contributed by atoms with Crippen molar-refractivity contribution in [2.75, 3.05) is 26.2 Å². The van der Waals surface area contributed by atoms with Crippen LogP contribution in [0.4, 0.5) is 0 Å². The number of likely N-dealkylation sites (tertiary alicyclic amines) is 1. The molecule has 0 amide bonds. The highest BCUT2D eigenvalue weighted by molar-refractivity contribution is 6.01. The molecule has 0 aliphatic carbocycles. The third-order valence-corrected chi connectivity index (χ3v) is 4.88. The zero-order valence-corrected chi connectivity index (χ0v) is 15.9. The highest BCUT2D eigenvalue weighted by atomic mass is 16.5. The minimum absolute atomic E-state index is 0.114. The molecule has 0 spiro atoms. The van der Waals surface area contributed by atoms with Crippen molar-refractivity contribution in [2.24, 2.45) is 5.92 Å². The lowest BCUT2D eigenvalue weighted by Gasteiger charge is -2.23. The van der Waals surface area contributed by atoms with Crippen LogP contribution in [-0.2, 0) is 0 Å². The summed E-state index contributed by atoms with van der Waals surface area (Å²) in [4.78, 5) is 15.7. The second-order valence-corrected chi connectivity index (χ2v) is 7.56. The summed E-state index contributed by atoms with van der Waals surface area (Å²) in [5.74, 6) is 1.39. The van der Waals surface area contributed by atoms with Crippen molar-refractivity contribution in [3.63, 3.8) is 0 Å². The lowest BCUT2D eigenvalue weighted by atomic mass is 9.90. The molecule has 0 radical (unpaired) electrons. The molecule has 2 aromatic rings. The molecule has 1 saturated heterocycles. The van der Waals surface area contributed by atoms with Gasteiger partial charge in [0.05, 0.1) is 12.5 Å². The largest absolute Gasteiger partial charge is 0.493 e. The Bertz CT molecular complexity index is 688. The predicted octanol–water partition coefficient (Wildman–Crippen LogP) is 4.78. The molecular formula is C23H29NO2. The average Bonchev–Trinajstić information content (AvgIpc) is 3.18. The van der Waals surface area contributed by atoms with Crippen molar-refractivity contribution in [3.05, 3.63) is 65.7 Å². The van der Waals surface area contributed by atoms with Gasteiger partial charge in [0.1, 0.15) is 5.75 Å². The van der Waals surface area contributed by atoms with E-state index in [0.717, 1.165) is 36.5 Å². The number of carbonyl (C=O) groups is 1. The third kappa shape index (κ3) is 4.95. The van der Waals surface area contributed by atoms with Gasteiger partial charge in [-0.2, -0.15) is 0 Å². The van der Waals surface area contributed by atoms with E-state index in [1.165, 1.54) is 12.8 Å². The molecule has 3 heteroatoms. The van der Waals surface area contributed by atoms with Crippen LogP contribution in [-0.4, -0.2) is 36.9 Å². The predicted molar refractivity (Wildman–Crippen MR) is 106 cm³/mol. The average molecular weight is 351 g/mol. The Hall–Kier alpha value is -2.13. The Kier molecular flexibility index (Phi) is 6.45. The number of rotatable bonds is 8. The summed E-state index contributed by atoms with van der Waals surface area (Å²) in [7, 11) is 0. The molecular weight excluding hydrogens is 322 g/mol. The van der Waals surface area contributed by atoms with Crippen molar-refractivity contribution in [1.29, 1.82) is 0 Å². The van der Waals surface area contributed by atoms with Gasteiger partial charge in [0.25, 0.3) is 0 Å². The number of Topliss-reactive ketones (excluding diaryl/α,β-unsaturated/α-hetero) is 1. The smallest absolute Gasteiger partial charge is 0.171 e. The van der Waals surface area contributed by atoms with Crippen molar-refractivity contribution >= 4 is 5.78 Å². The molecule has 0 bridgehead atoms. The van der Waals surface area contributed by atoms with E-state index in [9.17, 15) is 4.79 Å². The fourth-order valence-corrected chi connectivity index (χ4v) is 3.43. The number of carbonyl (C=O) groups excluding carboxylic acids is 1. The molecule has 26 heavy (non-hydrogen) atoms. The molecule has 1 aliphatic rings. The molecule has 3 rings (SSSR count). The van der Waals surface area contributed by atoms with Gasteiger partial charge >= 0.3 is 0 Å². The maximum Gasteiger partial charge on any atom is 0.171 e. The molecule has 1 atom stereocenters. The van der Waals surface area contributed by atoms with Crippen molar-refractivity contribution in [2.45, 2.75) is 32.6 Å². The summed E-state index contributed by atoms with van der Waals surface area (Å²) in [5.41, 5.74) is 1.86. The Morgan fingerprint density at radius 1 is 1.00 bits per heavy atom. The van der Waals surface area contributed by atoms with E-state index in [-0.39, 0.29) is 11.7 Å². The third-order valence-electron chi connectivity index (χ3n) is 4.88. The lowest BCUT2D eigenvalue weighted by Crippen LogP contribution is -2.30. The summed E-state index contributed by atoms with van der Waals surface area (Å²) in [6.07, 6.45) is 2.47. The highest BCUT2D eigenvalue weighted by Crippen LogP contribution is 2.25. The zero-order chi connectivity index (χ0) is 18.4. The van der Waals surface area contributed by atoms with Crippen LogP contribution in [0.25, 0.3) is 0 Å². The Morgan fingerprint density at radius 3 is 2.27 bits per heavy atom. The SMILES string of the molecule is CC(C)COc1ccc(C(=O)[C@H](CN2CCCC2)c2ccccc2)cc1. The molecule has 0 aromatic heterocycles. The van der Waals surface area contributed by atoms with Crippen molar-refractivity contribution < 1.29 is 9.53 Å². The van der Waals surface area contributed by atoms with Gasteiger partial charge in [0.15, 0.2) is 5.78 Å². The molecule has 0 N–H and O–H groups in total. The number of benzene rings is 2. The first kappa shape index (κ1) is 18.7. The van der Waals surface area contributed by atoms with Crippen LogP contribution in [0.1, 0.15) is 48.5 Å². The van der Waals surface area contributed by atoms with Crippen LogP contribution in [0.3, 0.4) is 0 Å². The summed E-state index contributed by atoms with van der Waals surface area (Å²) < 4.78 is 5.74.